The third-order valence-corrected chi connectivity index (χ3v) is 4.87. The molecule has 0 saturated carbocycles. The fraction of sp³-hybridized carbons (Fsp3) is 0.158. The second-order valence-electron chi connectivity index (χ2n) is 5.50. The Morgan fingerprint density at radius 3 is 2.70 bits per heavy atom. The Morgan fingerprint density at radius 1 is 1.26 bits per heavy atom. The van der Waals surface area contributed by atoms with Gasteiger partial charge in [-0.05, 0) is 18.2 Å². The van der Waals surface area contributed by atoms with E-state index in [4.69, 9.17) is 9.47 Å². The summed E-state index contributed by atoms with van der Waals surface area (Å²) in [6.07, 6.45) is 1.55. The molecule has 0 atom stereocenters. The number of rotatable bonds is 5. The summed E-state index contributed by atoms with van der Waals surface area (Å²) in [6.45, 7) is 3.86. The molecular formula is C19H16F2N2O3S. The lowest BCUT2D eigenvalue weighted by molar-refractivity contribution is 0.0995. The molecule has 0 saturated heterocycles. The van der Waals surface area contributed by atoms with E-state index in [-0.39, 0.29) is 22.4 Å². The molecule has 0 unspecified atom stereocenters. The van der Waals surface area contributed by atoms with Gasteiger partial charge >= 0.3 is 0 Å². The van der Waals surface area contributed by atoms with Crippen LogP contribution in [0.15, 0.2) is 48.0 Å². The molecule has 1 heterocycles. The van der Waals surface area contributed by atoms with Crippen molar-refractivity contribution >= 4 is 27.5 Å². The summed E-state index contributed by atoms with van der Waals surface area (Å²) >= 11 is 1.02. The van der Waals surface area contributed by atoms with E-state index in [0.717, 1.165) is 17.4 Å². The number of thiazole rings is 1. The second kappa shape index (κ2) is 7.71. The predicted octanol–water partition coefficient (Wildman–Crippen LogP) is 3.93. The minimum Gasteiger partial charge on any atom is -0.497 e. The van der Waals surface area contributed by atoms with Gasteiger partial charge in [-0.25, -0.2) is 8.78 Å². The Bertz CT molecular complexity index is 1100. The van der Waals surface area contributed by atoms with E-state index in [1.54, 1.807) is 18.2 Å². The number of nitrogens with zero attached hydrogens (tertiary/aromatic N) is 2. The summed E-state index contributed by atoms with van der Waals surface area (Å²) in [5.74, 6) is -1.15. The molecule has 1 amide bonds. The largest absolute Gasteiger partial charge is 0.497 e. The summed E-state index contributed by atoms with van der Waals surface area (Å²) in [5.41, 5.74) is 0.405. The maximum Gasteiger partial charge on any atom is 0.283 e. The first-order valence-electron chi connectivity index (χ1n) is 7.88. The zero-order valence-electron chi connectivity index (χ0n) is 14.7. The summed E-state index contributed by atoms with van der Waals surface area (Å²) < 4.78 is 40.0. The smallest absolute Gasteiger partial charge is 0.283 e. The van der Waals surface area contributed by atoms with Crippen LogP contribution < -0.4 is 14.3 Å². The number of fused-ring (bicyclic) bond motifs is 1. The minimum atomic E-state index is -0.723. The van der Waals surface area contributed by atoms with Gasteiger partial charge in [0.15, 0.2) is 10.6 Å². The van der Waals surface area contributed by atoms with Gasteiger partial charge in [-0.1, -0.05) is 17.4 Å². The van der Waals surface area contributed by atoms with E-state index >= 15 is 0 Å². The molecule has 0 aliphatic rings. The van der Waals surface area contributed by atoms with Gasteiger partial charge in [0.2, 0.25) is 0 Å². The fourth-order valence-electron chi connectivity index (χ4n) is 2.64. The van der Waals surface area contributed by atoms with Crippen LogP contribution in [-0.4, -0.2) is 24.7 Å². The van der Waals surface area contributed by atoms with Gasteiger partial charge < -0.3 is 14.0 Å². The third kappa shape index (κ3) is 3.61. The highest BCUT2D eigenvalue weighted by Gasteiger charge is 2.16. The summed E-state index contributed by atoms with van der Waals surface area (Å²) in [4.78, 5) is 17.0. The highest BCUT2D eigenvalue weighted by atomic mass is 32.1. The van der Waals surface area contributed by atoms with Crippen molar-refractivity contribution in [3.8, 4) is 11.5 Å². The van der Waals surface area contributed by atoms with Crippen LogP contribution in [0, 0.1) is 11.6 Å². The predicted molar refractivity (Wildman–Crippen MR) is 99.4 cm³/mol. The Kier molecular flexibility index (Phi) is 5.36. The van der Waals surface area contributed by atoms with Crippen molar-refractivity contribution in [3.63, 3.8) is 0 Å². The van der Waals surface area contributed by atoms with Crippen LogP contribution in [0.1, 0.15) is 10.4 Å². The number of methoxy groups -OCH3 is 2. The summed E-state index contributed by atoms with van der Waals surface area (Å²) in [7, 11) is 2.94. The summed E-state index contributed by atoms with van der Waals surface area (Å²) in [6, 6.07) is 6.73. The average molecular weight is 390 g/mol. The molecule has 0 aliphatic carbocycles. The first-order valence-corrected chi connectivity index (χ1v) is 8.70. The maximum absolute atomic E-state index is 14.3. The highest BCUT2D eigenvalue weighted by molar-refractivity contribution is 7.16. The zero-order valence-corrected chi connectivity index (χ0v) is 15.5. The Balaban J connectivity index is 2.18. The molecular weight excluding hydrogens is 374 g/mol. The maximum atomic E-state index is 14.3. The number of carbonyl (C=O) groups is 1. The molecule has 0 bridgehead atoms. The molecule has 2 aromatic carbocycles. The molecule has 5 nitrogen and oxygen atoms in total. The molecule has 3 rings (SSSR count). The first-order chi connectivity index (χ1) is 13.0. The van der Waals surface area contributed by atoms with Crippen LogP contribution in [-0.2, 0) is 6.54 Å². The SMILES string of the molecule is C=CCn1c(=NC(=O)c2ccc(OC)cc2OC)sc2cc(F)cc(F)c21. The van der Waals surface area contributed by atoms with Crippen molar-refractivity contribution < 1.29 is 23.0 Å². The van der Waals surface area contributed by atoms with E-state index in [2.05, 4.69) is 11.6 Å². The number of aromatic nitrogens is 1. The van der Waals surface area contributed by atoms with Gasteiger partial charge in [0.25, 0.3) is 5.91 Å². The second-order valence-corrected chi connectivity index (χ2v) is 6.51. The minimum absolute atomic E-state index is 0.176. The Labute approximate surface area is 157 Å². The number of hydrogen-bond donors (Lipinski definition) is 0. The molecule has 3 aromatic rings. The highest BCUT2D eigenvalue weighted by Crippen LogP contribution is 2.26. The van der Waals surface area contributed by atoms with Crippen LogP contribution in [0.4, 0.5) is 8.78 Å². The average Bonchev–Trinajstić information content (AvgIpc) is 2.98. The molecule has 0 N–H and O–H groups in total. The number of ether oxygens (including phenoxy) is 2. The zero-order chi connectivity index (χ0) is 19.6. The number of carbonyl (C=O) groups excluding carboxylic acids is 1. The van der Waals surface area contributed by atoms with Gasteiger partial charge in [0, 0.05) is 18.7 Å². The van der Waals surface area contributed by atoms with E-state index < -0.39 is 17.5 Å². The lowest BCUT2D eigenvalue weighted by Crippen LogP contribution is -2.17. The number of amides is 1. The van der Waals surface area contributed by atoms with Gasteiger partial charge in [-0.2, -0.15) is 4.99 Å². The molecule has 27 heavy (non-hydrogen) atoms. The monoisotopic (exact) mass is 390 g/mol. The Hall–Kier alpha value is -3.00. The standard InChI is InChI=1S/C19H16F2N2O3S/c1-4-7-23-17-14(21)8-11(20)9-16(17)27-19(23)22-18(24)13-6-5-12(25-2)10-15(13)26-3/h4-6,8-10H,1,7H2,2-3H3. The number of benzene rings is 2. The van der Waals surface area contributed by atoms with Crippen LogP contribution in [0.3, 0.4) is 0 Å². The third-order valence-electron chi connectivity index (χ3n) is 3.84. The molecule has 0 spiro atoms. The van der Waals surface area contributed by atoms with Crippen LogP contribution in [0.25, 0.3) is 10.2 Å². The van der Waals surface area contributed by atoms with E-state index in [0.29, 0.717) is 16.2 Å². The van der Waals surface area contributed by atoms with Crippen LogP contribution >= 0.6 is 11.3 Å². The topological polar surface area (TPSA) is 52.8 Å². The summed E-state index contributed by atoms with van der Waals surface area (Å²) in [5, 5.41) is 0. The number of halogens is 2. The van der Waals surface area contributed by atoms with Crippen molar-refractivity contribution in [3.05, 3.63) is 65.0 Å². The van der Waals surface area contributed by atoms with Gasteiger partial charge in [0.1, 0.15) is 17.3 Å². The quantitative estimate of drug-likeness (QED) is 0.621. The lowest BCUT2D eigenvalue weighted by atomic mass is 10.2. The van der Waals surface area contributed by atoms with Crippen LogP contribution in [0.5, 0.6) is 11.5 Å². The first kappa shape index (κ1) is 18.8. The Morgan fingerprint density at radius 2 is 2.04 bits per heavy atom. The van der Waals surface area contributed by atoms with Crippen molar-refractivity contribution in [2.24, 2.45) is 4.99 Å². The van der Waals surface area contributed by atoms with Crippen molar-refractivity contribution in [2.45, 2.75) is 6.54 Å². The van der Waals surface area contributed by atoms with E-state index in [1.165, 1.54) is 30.9 Å². The normalized spacial score (nSPS) is 11.6. The molecule has 0 aliphatic heterocycles. The van der Waals surface area contributed by atoms with Crippen molar-refractivity contribution in [2.75, 3.05) is 14.2 Å². The van der Waals surface area contributed by atoms with Gasteiger partial charge in [-0.15, -0.1) is 6.58 Å². The van der Waals surface area contributed by atoms with Gasteiger partial charge in [-0.3, -0.25) is 4.79 Å². The van der Waals surface area contributed by atoms with E-state index in [1.807, 2.05) is 0 Å². The molecule has 0 radical (unpaired) electrons. The van der Waals surface area contributed by atoms with Crippen molar-refractivity contribution in [1.82, 2.24) is 4.57 Å². The number of allylic oxidation sites excluding steroid dienone is 1. The molecule has 8 heteroatoms. The molecule has 0 fully saturated rings. The lowest BCUT2D eigenvalue weighted by Gasteiger charge is -2.07. The number of hydrogen-bond acceptors (Lipinski definition) is 4. The van der Waals surface area contributed by atoms with Crippen LogP contribution in [0.2, 0.25) is 0 Å². The fourth-order valence-corrected chi connectivity index (χ4v) is 3.71. The molecule has 1 aromatic heterocycles. The van der Waals surface area contributed by atoms with Gasteiger partial charge in [0.05, 0.1) is 30.0 Å². The van der Waals surface area contributed by atoms with Crippen molar-refractivity contribution in [1.29, 1.82) is 0 Å². The van der Waals surface area contributed by atoms with E-state index in [9.17, 15) is 13.6 Å². The molecule has 140 valence electrons.